The minimum atomic E-state index is -1.24. The van der Waals surface area contributed by atoms with Crippen molar-refractivity contribution < 1.29 is 4.43 Å². The molecule has 0 radical (unpaired) electrons. The molecule has 1 atom stereocenters. The van der Waals surface area contributed by atoms with Gasteiger partial charge in [-0.25, -0.2) is 0 Å². The molecule has 1 saturated heterocycles. The average Bonchev–Trinajstić information content (AvgIpc) is 2.03. The minimum Gasteiger partial charge on any atom is -0.417 e. The summed E-state index contributed by atoms with van der Waals surface area (Å²) in [6.07, 6.45) is 3.81. The Labute approximate surface area is 70.2 Å². The molecule has 0 aliphatic carbocycles. The van der Waals surface area contributed by atoms with Crippen LogP contribution in [-0.2, 0) is 4.43 Å². The lowest BCUT2D eigenvalue weighted by molar-refractivity contribution is 0.269. The van der Waals surface area contributed by atoms with E-state index >= 15 is 0 Å². The van der Waals surface area contributed by atoms with Gasteiger partial charge in [-0.3, -0.25) is 0 Å². The summed E-state index contributed by atoms with van der Waals surface area (Å²) in [6, 6.07) is 2.62. The number of hydrogen-bond donors (Lipinski definition) is 1. The Balaban J connectivity index is 2.25. The Morgan fingerprint density at radius 3 is 2.82 bits per heavy atom. The predicted octanol–water partition coefficient (Wildman–Crippen LogP) is 1.72. The van der Waals surface area contributed by atoms with Crippen LogP contribution in [0.3, 0.4) is 0 Å². The van der Waals surface area contributed by atoms with Gasteiger partial charge in [0.25, 0.3) is 0 Å². The first-order valence-electron chi connectivity index (χ1n) is 4.61. The van der Waals surface area contributed by atoms with E-state index in [2.05, 4.69) is 6.55 Å². The molecule has 1 heterocycles. The second-order valence-electron chi connectivity index (χ2n) is 3.65. The van der Waals surface area contributed by atoms with Crippen LogP contribution < -0.4 is 5.73 Å². The van der Waals surface area contributed by atoms with Crippen LogP contribution in [0.15, 0.2) is 0 Å². The van der Waals surface area contributed by atoms with Crippen molar-refractivity contribution in [3.8, 4) is 0 Å². The van der Waals surface area contributed by atoms with Crippen LogP contribution in [0.25, 0.3) is 0 Å². The summed E-state index contributed by atoms with van der Waals surface area (Å²) in [5.74, 6) is 0. The molecule has 2 nitrogen and oxygen atoms in total. The fourth-order valence-corrected chi connectivity index (χ4v) is 4.79. The second kappa shape index (κ2) is 4.23. The van der Waals surface area contributed by atoms with Crippen molar-refractivity contribution in [3.05, 3.63) is 0 Å². The quantitative estimate of drug-likeness (QED) is 0.660. The van der Waals surface area contributed by atoms with Gasteiger partial charge >= 0.3 is 0 Å². The average molecular weight is 173 g/mol. The molecule has 2 N–H and O–H groups in total. The third kappa shape index (κ3) is 2.93. The molecule has 1 aliphatic rings. The van der Waals surface area contributed by atoms with E-state index < -0.39 is 8.32 Å². The Morgan fingerprint density at radius 2 is 2.27 bits per heavy atom. The van der Waals surface area contributed by atoms with Crippen LogP contribution >= 0.6 is 0 Å². The fourth-order valence-electron chi connectivity index (χ4n) is 1.66. The summed E-state index contributed by atoms with van der Waals surface area (Å²) in [7, 11) is -1.24. The molecule has 66 valence electrons. The lowest BCUT2D eigenvalue weighted by Crippen LogP contribution is -2.38. The van der Waals surface area contributed by atoms with Gasteiger partial charge < -0.3 is 10.2 Å². The zero-order chi connectivity index (χ0) is 8.16. The van der Waals surface area contributed by atoms with Crippen molar-refractivity contribution in [1.82, 2.24) is 0 Å². The SMILES string of the molecule is C[Si]1(CCCN)CCCCO1. The molecular formula is C8H19NOSi. The van der Waals surface area contributed by atoms with Gasteiger partial charge in [0.15, 0.2) is 8.32 Å². The molecule has 0 aromatic heterocycles. The molecule has 0 saturated carbocycles. The van der Waals surface area contributed by atoms with E-state index in [9.17, 15) is 0 Å². The van der Waals surface area contributed by atoms with Gasteiger partial charge in [-0.2, -0.15) is 0 Å². The van der Waals surface area contributed by atoms with Gasteiger partial charge in [0.1, 0.15) is 0 Å². The van der Waals surface area contributed by atoms with E-state index in [4.69, 9.17) is 10.2 Å². The Hall–Kier alpha value is 0.137. The van der Waals surface area contributed by atoms with Gasteiger partial charge in [0, 0.05) is 6.61 Å². The highest BCUT2D eigenvalue weighted by molar-refractivity contribution is 6.72. The van der Waals surface area contributed by atoms with Crippen LogP contribution in [0.2, 0.25) is 18.6 Å². The molecule has 1 unspecified atom stereocenters. The van der Waals surface area contributed by atoms with E-state index in [1.165, 1.54) is 24.9 Å². The van der Waals surface area contributed by atoms with E-state index in [-0.39, 0.29) is 0 Å². The van der Waals surface area contributed by atoms with E-state index in [1.54, 1.807) is 0 Å². The van der Waals surface area contributed by atoms with Crippen LogP contribution in [0, 0.1) is 0 Å². The smallest absolute Gasteiger partial charge is 0.189 e. The van der Waals surface area contributed by atoms with Gasteiger partial charge in [-0.15, -0.1) is 0 Å². The lowest BCUT2D eigenvalue weighted by atomic mass is 10.4. The maximum absolute atomic E-state index is 5.85. The summed E-state index contributed by atoms with van der Waals surface area (Å²) >= 11 is 0. The predicted molar refractivity (Wildman–Crippen MR) is 50.1 cm³/mol. The van der Waals surface area contributed by atoms with Crippen molar-refractivity contribution in [2.75, 3.05) is 13.2 Å². The molecule has 1 aliphatic heterocycles. The molecule has 0 aromatic rings. The van der Waals surface area contributed by atoms with E-state index in [0.717, 1.165) is 19.6 Å². The molecule has 0 spiro atoms. The Morgan fingerprint density at radius 1 is 1.45 bits per heavy atom. The van der Waals surface area contributed by atoms with E-state index in [1.807, 2.05) is 0 Å². The third-order valence-electron chi connectivity index (χ3n) is 2.46. The standard InChI is InChI=1S/C8H19NOSi/c1-11(8-4-5-9)7-3-2-6-10-11/h2-9H2,1H3. The molecule has 1 fully saturated rings. The van der Waals surface area contributed by atoms with Crippen molar-refractivity contribution in [3.63, 3.8) is 0 Å². The highest BCUT2D eigenvalue weighted by atomic mass is 28.4. The first-order valence-corrected chi connectivity index (χ1v) is 7.43. The minimum absolute atomic E-state index is 0.825. The molecule has 0 amide bonds. The van der Waals surface area contributed by atoms with Gasteiger partial charge in [-0.1, -0.05) is 6.42 Å². The Kier molecular flexibility index (Phi) is 3.55. The largest absolute Gasteiger partial charge is 0.417 e. The zero-order valence-electron chi connectivity index (χ0n) is 7.44. The number of nitrogens with two attached hydrogens (primary N) is 1. The fraction of sp³-hybridized carbons (Fsp3) is 1.00. The molecule has 0 bridgehead atoms. The van der Waals surface area contributed by atoms with Crippen molar-refractivity contribution in [2.45, 2.75) is 37.9 Å². The first kappa shape index (κ1) is 9.23. The highest BCUT2D eigenvalue weighted by Gasteiger charge is 2.30. The van der Waals surface area contributed by atoms with Crippen LogP contribution in [0.1, 0.15) is 19.3 Å². The van der Waals surface area contributed by atoms with Gasteiger partial charge in [0.05, 0.1) is 0 Å². The molecule has 3 heteroatoms. The monoisotopic (exact) mass is 173 g/mol. The zero-order valence-corrected chi connectivity index (χ0v) is 8.44. The van der Waals surface area contributed by atoms with Crippen LogP contribution in [0.4, 0.5) is 0 Å². The van der Waals surface area contributed by atoms with Gasteiger partial charge in [0.2, 0.25) is 0 Å². The molecule has 11 heavy (non-hydrogen) atoms. The second-order valence-corrected chi connectivity index (χ2v) is 7.84. The van der Waals surface area contributed by atoms with Gasteiger partial charge in [-0.05, 0) is 38.0 Å². The van der Waals surface area contributed by atoms with Crippen molar-refractivity contribution in [1.29, 1.82) is 0 Å². The van der Waals surface area contributed by atoms with Crippen molar-refractivity contribution >= 4 is 8.32 Å². The first-order chi connectivity index (χ1) is 5.27. The summed E-state index contributed by atoms with van der Waals surface area (Å²) in [6.45, 7) is 4.18. The summed E-state index contributed by atoms with van der Waals surface area (Å²) in [5, 5.41) is 0. The summed E-state index contributed by atoms with van der Waals surface area (Å²) < 4.78 is 5.85. The molecular weight excluding hydrogens is 154 g/mol. The topological polar surface area (TPSA) is 35.2 Å². The number of hydrogen-bond acceptors (Lipinski definition) is 2. The normalized spacial score (nSPS) is 32.2. The van der Waals surface area contributed by atoms with Crippen LogP contribution in [0.5, 0.6) is 0 Å². The third-order valence-corrected chi connectivity index (χ3v) is 6.18. The molecule has 1 rings (SSSR count). The van der Waals surface area contributed by atoms with Crippen molar-refractivity contribution in [2.24, 2.45) is 5.73 Å². The lowest BCUT2D eigenvalue weighted by Gasteiger charge is -2.31. The summed E-state index contributed by atoms with van der Waals surface area (Å²) in [5.41, 5.74) is 5.47. The maximum Gasteiger partial charge on any atom is 0.189 e. The summed E-state index contributed by atoms with van der Waals surface area (Å²) in [4.78, 5) is 0. The maximum atomic E-state index is 5.85. The number of rotatable bonds is 3. The Bertz CT molecular complexity index is 113. The highest BCUT2D eigenvalue weighted by Crippen LogP contribution is 2.25. The van der Waals surface area contributed by atoms with Crippen LogP contribution in [-0.4, -0.2) is 21.5 Å². The van der Waals surface area contributed by atoms with E-state index in [0.29, 0.717) is 0 Å². The molecule has 0 aromatic carbocycles.